The zero-order valence-electron chi connectivity index (χ0n) is 8.37. The fourth-order valence-electron chi connectivity index (χ4n) is 0.927. The minimum absolute atomic E-state index is 0.0242. The molecule has 0 bridgehead atoms. The van der Waals surface area contributed by atoms with Crippen LogP contribution in [0.3, 0.4) is 0 Å². The minimum atomic E-state index is -0.468. The van der Waals surface area contributed by atoms with Crippen LogP contribution in [0.25, 0.3) is 6.08 Å². The van der Waals surface area contributed by atoms with Gasteiger partial charge in [0.1, 0.15) is 21.6 Å². The number of ether oxygens (including phenoxy) is 1. The van der Waals surface area contributed by atoms with E-state index >= 15 is 0 Å². The highest BCUT2D eigenvalue weighted by Gasteiger charge is 2.07. The summed E-state index contributed by atoms with van der Waals surface area (Å²) in [4.78, 5) is 15.3. The van der Waals surface area contributed by atoms with Crippen molar-refractivity contribution in [1.29, 1.82) is 0 Å². The summed E-state index contributed by atoms with van der Waals surface area (Å²) in [7, 11) is 0. The maximum atomic E-state index is 11.3. The third kappa shape index (κ3) is 3.58. The molecule has 17 heavy (non-hydrogen) atoms. The fourth-order valence-corrected chi connectivity index (χ4v) is 2.06. The molecule has 0 N–H and O–H groups in total. The van der Waals surface area contributed by atoms with Crippen LogP contribution in [0.5, 0.6) is 0 Å². The first kappa shape index (κ1) is 12.2. The molecule has 0 spiro atoms. The summed E-state index contributed by atoms with van der Waals surface area (Å²) in [6.45, 7) is 0.0242. The van der Waals surface area contributed by atoms with Gasteiger partial charge in [-0.3, -0.25) is 0 Å². The van der Waals surface area contributed by atoms with Crippen LogP contribution < -0.4 is 0 Å². The highest BCUT2D eigenvalue weighted by atomic mass is 35.5. The normalized spacial score (nSPS) is 10.9. The van der Waals surface area contributed by atoms with E-state index in [4.69, 9.17) is 16.3 Å². The Morgan fingerprint density at radius 3 is 3.12 bits per heavy atom. The van der Waals surface area contributed by atoms with E-state index < -0.39 is 5.97 Å². The van der Waals surface area contributed by atoms with Crippen molar-refractivity contribution in [2.24, 2.45) is 0 Å². The number of halogens is 1. The number of aromatic nitrogens is 3. The third-order valence-corrected chi connectivity index (χ3v) is 3.40. The van der Waals surface area contributed by atoms with Crippen molar-refractivity contribution in [3.63, 3.8) is 0 Å². The Hall–Kier alpha value is -1.31. The van der Waals surface area contributed by atoms with E-state index in [0.717, 1.165) is 16.5 Å². The van der Waals surface area contributed by atoms with Gasteiger partial charge in [-0.1, -0.05) is 16.1 Å². The van der Waals surface area contributed by atoms with Crippen molar-refractivity contribution >= 4 is 46.5 Å². The molecule has 2 aromatic rings. The maximum Gasteiger partial charge on any atom is 0.331 e. The fraction of sp³-hybridized carbons (Fsp3) is 0.111. The number of hydrogen-bond donors (Lipinski definition) is 0. The molecular formula is C9H6ClN3O2S2. The van der Waals surface area contributed by atoms with Crippen LogP contribution in [0, 0.1) is 0 Å². The molecule has 0 aliphatic heterocycles. The predicted molar refractivity (Wildman–Crippen MR) is 65.9 cm³/mol. The molecule has 0 atom stereocenters. The lowest BCUT2D eigenvalue weighted by Crippen LogP contribution is -2.01. The molecule has 88 valence electrons. The van der Waals surface area contributed by atoms with Gasteiger partial charge < -0.3 is 4.74 Å². The van der Waals surface area contributed by atoms with Gasteiger partial charge in [0, 0.05) is 29.2 Å². The Morgan fingerprint density at radius 1 is 1.59 bits per heavy atom. The molecule has 2 aromatic heterocycles. The molecule has 0 amide bonds. The highest BCUT2D eigenvalue weighted by Crippen LogP contribution is 2.17. The standard InChI is InChI=1S/C9H6ClN3O2S2/c10-9-6(12-13-17-9)5-15-8(14)2-1-7-11-3-4-16-7/h1-4H,5H2/b2-1+. The Kier molecular flexibility index (Phi) is 4.18. The van der Waals surface area contributed by atoms with E-state index in [1.165, 1.54) is 17.4 Å². The molecule has 0 saturated heterocycles. The van der Waals surface area contributed by atoms with Gasteiger partial charge in [-0.05, 0) is 6.08 Å². The molecule has 8 heteroatoms. The van der Waals surface area contributed by atoms with E-state index in [2.05, 4.69) is 14.6 Å². The maximum absolute atomic E-state index is 11.3. The number of nitrogens with zero attached hydrogens (tertiary/aromatic N) is 3. The molecule has 0 aliphatic rings. The number of carbonyl (C=O) groups is 1. The van der Waals surface area contributed by atoms with E-state index in [1.807, 2.05) is 5.38 Å². The Morgan fingerprint density at radius 2 is 2.47 bits per heavy atom. The van der Waals surface area contributed by atoms with Crippen molar-refractivity contribution in [2.45, 2.75) is 6.61 Å². The molecule has 0 radical (unpaired) electrons. The molecule has 0 fully saturated rings. The lowest BCUT2D eigenvalue weighted by Gasteiger charge is -1.97. The van der Waals surface area contributed by atoms with Gasteiger partial charge in [-0.25, -0.2) is 9.78 Å². The second-order valence-electron chi connectivity index (χ2n) is 2.80. The Bertz CT molecular complexity index is 524. The first-order valence-corrected chi connectivity index (χ1v) is 6.50. The second-order valence-corrected chi connectivity index (χ2v) is 5.09. The zero-order valence-corrected chi connectivity index (χ0v) is 10.8. The van der Waals surface area contributed by atoms with Crippen LogP contribution in [0.15, 0.2) is 17.7 Å². The lowest BCUT2D eigenvalue weighted by atomic mass is 10.5. The summed E-state index contributed by atoms with van der Waals surface area (Å²) in [5.41, 5.74) is 0.465. The monoisotopic (exact) mass is 287 g/mol. The van der Waals surface area contributed by atoms with E-state index in [9.17, 15) is 4.79 Å². The molecule has 0 saturated carbocycles. The second kappa shape index (κ2) is 5.85. The molecule has 0 aliphatic carbocycles. The predicted octanol–water partition coefficient (Wildman–Crippen LogP) is 2.40. The van der Waals surface area contributed by atoms with Gasteiger partial charge >= 0.3 is 5.97 Å². The molecule has 5 nitrogen and oxygen atoms in total. The number of thiazole rings is 1. The first-order valence-electron chi connectivity index (χ1n) is 4.47. The van der Waals surface area contributed by atoms with Crippen molar-refractivity contribution in [3.8, 4) is 0 Å². The Balaban J connectivity index is 1.84. The summed E-state index contributed by atoms with van der Waals surface area (Å²) >= 11 is 8.25. The van der Waals surface area contributed by atoms with Gasteiger partial charge in [0.05, 0.1) is 0 Å². The average Bonchev–Trinajstić information content (AvgIpc) is 2.95. The Labute approximate surface area is 110 Å². The lowest BCUT2D eigenvalue weighted by molar-refractivity contribution is -0.139. The zero-order chi connectivity index (χ0) is 12.1. The topological polar surface area (TPSA) is 65.0 Å². The van der Waals surface area contributed by atoms with Crippen LogP contribution in [-0.4, -0.2) is 20.5 Å². The van der Waals surface area contributed by atoms with Gasteiger partial charge in [0.25, 0.3) is 0 Å². The largest absolute Gasteiger partial charge is 0.456 e. The number of carbonyl (C=O) groups excluding carboxylic acids is 1. The molecule has 2 heterocycles. The van der Waals surface area contributed by atoms with E-state index in [1.54, 1.807) is 12.3 Å². The van der Waals surface area contributed by atoms with Crippen molar-refractivity contribution in [2.75, 3.05) is 0 Å². The SMILES string of the molecule is O=C(/C=C/c1nccs1)OCc1nnsc1Cl. The molecule has 0 unspecified atom stereocenters. The third-order valence-electron chi connectivity index (χ3n) is 1.67. The van der Waals surface area contributed by atoms with Crippen LogP contribution >= 0.6 is 34.5 Å². The van der Waals surface area contributed by atoms with Gasteiger partial charge in [-0.2, -0.15) is 0 Å². The molecular weight excluding hydrogens is 282 g/mol. The smallest absolute Gasteiger partial charge is 0.331 e. The highest BCUT2D eigenvalue weighted by molar-refractivity contribution is 7.10. The summed E-state index contributed by atoms with van der Waals surface area (Å²) in [5.74, 6) is -0.468. The summed E-state index contributed by atoms with van der Waals surface area (Å²) in [6.07, 6.45) is 4.57. The van der Waals surface area contributed by atoms with Crippen LogP contribution in [0.1, 0.15) is 10.7 Å². The van der Waals surface area contributed by atoms with E-state index in [0.29, 0.717) is 10.0 Å². The summed E-state index contributed by atoms with van der Waals surface area (Å²) < 4.78 is 9.00. The van der Waals surface area contributed by atoms with Crippen LogP contribution in [0.2, 0.25) is 4.34 Å². The number of rotatable bonds is 4. The van der Waals surface area contributed by atoms with Crippen molar-refractivity contribution < 1.29 is 9.53 Å². The first-order chi connectivity index (χ1) is 8.25. The van der Waals surface area contributed by atoms with Gasteiger partial charge in [0.15, 0.2) is 0 Å². The van der Waals surface area contributed by atoms with Gasteiger partial charge in [0.2, 0.25) is 0 Å². The van der Waals surface area contributed by atoms with E-state index in [-0.39, 0.29) is 6.61 Å². The van der Waals surface area contributed by atoms with Crippen molar-refractivity contribution in [3.05, 3.63) is 32.7 Å². The summed E-state index contributed by atoms with van der Waals surface area (Å²) in [5, 5.41) is 6.29. The quantitative estimate of drug-likeness (QED) is 0.638. The summed E-state index contributed by atoms with van der Waals surface area (Å²) in [6, 6.07) is 0. The average molecular weight is 288 g/mol. The van der Waals surface area contributed by atoms with Gasteiger partial charge in [-0.15, -0.1) is 16.4 Å². The van der Waals surface area contributed by atoms with Crippen LogP contribution in [-0.2, 0) is 16.1 Å². The van der Waals surface area contributed by atoms with Crippen molar-refractivity contribution in [1.82, 2.24) is 14.6 Å². The molecule has 0 aromatic carbocycles. The molecule has 2 rings (SSSR count). The minimum Gasteiger partial charge on any atom is -0.456 e. The number of hydrogen-bond acceptors (Lipinski definition) is 7. The van der Waals surface area contributed by atoms with Crippen LogP contribution in [0.4, 0.5) is 0 Å². The number of esters is 1.